The summed E-state index contributed by atoms with van der Waals surface area (Å²) in [4.78, 5) is 40.7. The first-order valence-electron chi connectivity index (χ1n) is 15.5. The molecule has 3 rings (SSSR count). The fourth-order valence-electron chi connectivity index (χ4n) is 6.91. The molecule has 1 aliphatic heterocycles. The number of nitrogens with zero attached hydrogens (tertiary/aromatic N) is 1. The monoisotopic (exact) mass is 549 g/mol. The van der Waals surface area contributed by atoms with Crippen LogP contribution in [0, 0.1) is 29.1 Å². The van der Waals surface area contributed by atoms with Crippen LogP contribution in [0.4, 0.5) is 0 Å². The van der Waals surface area contributed by atoms with Crippen molar-refractivity contribution < 1.29 is 24.6 Å². The maximum Gasteiger partial charge on any atom is 0.309 e. The Labute approximate surface area is 236 Å². The van der Waals surface area contributed by atoms with Crippen molar-refractivity contribution >= 4 is 17.8 Å². The number of carbonyl (C=O) groups is 3. The summed E-state index contributed by atoms with van der Waals surface area (Å²) in [5.41, 5.74) is -1.56. The van der Waals surface area contributed by atoms with Gasteiger partial charge < -0.3 is 20.8 Å². The van der Waals surface area contributed by atoms with Gasteiger partial charge in [0.1, 0.15) is 0 Å². The lowest BCUT2D eigenvalue weighted by atomic mass is 9.72. The summed E-state index contributed by atoms with van der Waals surface area (Å²) >= 11 is 0. The van der Waals surface area contributed by atoms with E-state index in [0.29, 0.717) is 30.7 Å². The van der Waals surface area contributed by atoms with Gasteiger partial charge in [-0.25, -0.2) is 0 Å². The van der Waals surface area contributed by atoms with Crippen LogP contribution in [0.1, 0.15) is 112 Å². The molecule has 2 saturated carbocycles. The zero-order chi connectivity index (χ0) is 29.0. The van der Waals surface area contributed by atoms with Crippen LogP contribution in [-0.2, 0) is 14.4 Å². The lowest BCUT2D eigenvalue weighted by molar-refractivity contribution is -0.153. The van der Waals surface area contributed by atoms with Gasteiger partial charge in [0.2, 0.25) is 11.8 Å². The van der Waals surface area contributed by atoms with Crippen LogP contribution in [0.25, 0.3) is 0 Å². The largest absolute Gasteiger partial charge is 0.481 e. The summed E-state index contributed by atoms with van der Waals surface area (Å²) in [5, 5.41) is 27.6. The molecule has 0 bridgehead atoms. The Morgan fingerprint density at radius 3 is 2.10 bits per heavy atom. The van der Waals surface area contributed by atoms with Gasteiger partial charge in [-0.05, 0) is 71.6 Å². The van der Waals surface area contributed by atoms with Crippen LogP contribution in [-0.4, -0.2) is 69.7 Å². The number of nitrogens with one attached hydrogen (secondary N) is 2. The number of amides is 2. The number of aliphatic hydroxyl groups excluding tert-OH is 1. The number of piperidine rings is 1. The van der Waals surface area contributed by atoms with Crippen LogP contribution in [0.2, 0.25) is 0 Å². The number of carboxylic acid groups (broad SMARTS) is 1. The number of hydrogen-bond donors (Lipinski definition) is 4. The third kappa shape index (κ3) is 8.66. The molecule has 1 saturated heterocycles. The van der Waals surface area contributed by atoms with Crippen molar-refractivity contribution in [1.29, 1.82) is 0 Å². The van der Waals surface area contributed by atoms with E-state index in [1.807, 2.05) is 20.8 Å². The van der Waals surface area contributed by atoms with Gasteiger partial charge >= 0.3 is 5.97 Å². The lowest BCUT2D eigenvalue weighted by Gasteiger charge is -2.47. The van der Waals surface area contributed by atoms with Gasteiger partial charge in [-0.2, -0.15) is 0 Å². The first-order chi connectivity index (χ1) is 18.2. The Kier molecular flexibility index (Phi) is 10.9. The normalized spacial score (nSPS) is 27.6. The predicted molar refractivity (Wildman–Crippen MR) is 153 cm³/mol. The number of hydrogen-bond acceptors (Lipinski definition) is 5. The number of fused-ring (bicyclic) bond motifs is 1. The number of rotatable bonds is 10. The van der Waals surface area contributed by atoms with Gasteiger partial charge in [-0.3, -0.25) is 19.3 Å². The quantitative estimate of drug-likeness (QED) is 0.322. The maximum absolute atomic E-state index is 13.4. The molecule has 0 aromatic rings. The van der Waals surface area contributed by atoms with Crippen molar-refractivity contribution in [3.8, 4) is 0 Å². The summed E-state index contributed by atoms with van der Waals surface area (Å²) in [6, 6.07) is -0.780. The molecule has 2 aliphatic carbocycles. The maximum atomic E-state index is 13.4. The van der Waals surface area contributed by atoms with Gasteiger partial charge in [0.05, 0.1) is 29.5 Å². The Hall–Kier alpha value is -1.67. The molecule has 0 unspecified atom stereocenters. The van der Waals surface area contributed by atoms with E-state index >= 15 is 0 Å². The summed E-state index contributed by atoms with van der Waals surface area (Å²) in [7, 11) is 0. The topological polar surface area (TPSA) is 119 Å². The third-order valence-electron chi connectivity index (χ3n) is 9.86. The number of aliphatic hydroxyl groups is 1. The zero-order valence-corrected chi connectivity index (χ0v) is 25.3. The van der Waals surface area contributed by atoms with Crippen molar-refractivity contribution in [2.45, 2.75) is 136 Å². The Balaban J connectivity index is 1.79. The molecule has 0 spiro atoms. The number of likely N-dealkylation sites (tertiary alicyclic amines) is 1. The first-order valence-corrected chi connectivity index (χ1v) is 15.5. The molecule has 39 heavy (non-hydrogen) atoms. The highest BCUT2D eigenvalue weighted by molar-refractivity contribution is 5.86. The fraction of sp³-hybridized carbons (Fsp3) is 0.903. The van der Waals surface area contributed by atoms with Crippen molar-refractivity contribution in [2.24, 2.45) is 29.1 Å². The molecule has 2 amide bonds. The van der Waals surface area contributed by atoms with E-state index in [4.69, 9.17) is 0 Å². The van der Waals surface area contributed by atoms with E-state index in [9.17, 15) is 24.6 Å². The van der Waals surface area contributed by atoms with Crippen molar-refractivity contribution in [3.63, 3.8) is 0 Å². The molecule has 4 N–H and O–H groups in total. The highest BCUT2D eigenvalue weighted by Gasteiger charge is 2.43. The summed E-state index contributed by atoms with van der Waals surface area (Å²) in [6.07, 6.45) is 11.1. The van der Waals surface area contributed by atoms with Crippen LogP contribution >= 0.6 is 0 Å². The number of β-amino-alcohol motifs (C(OH)–C–C–N with tert-alkyl or cyclic N) is 1. The van der Waals surface area contributed by atoms with E-state index in [-0.39, 0.29) is 23.4 Å². The minimum atomic E-state index is -1.22. The first kappa shape index (κ1) is 31.9. The van der Waals surface area contributed by atoms with Crippen molar-refractivity contribution in [2.75, 3.05) is 13.1 Å². The molecular formula is C31H55N3O5. The average molecular weight is 550 g/mol. The van der Waals surface area contributed by atoms with Crippen LogP contribution < -0.4 is 10.6 Å². The number of carbonyl (C=O) groups excluding carboxylic acids is 2. The number of aliphatic carboxylic acids is 1. The van der Waals surface area contributed by atoms with E-state index < -0.39 is 29.4 Å². The van der Waals surface area contributed by atoms with Gasteiger partial charge in [0.25, 0.3) is 0 Å². The van der Waals surface area contributed by atoms with Gasteiger partial charge in [0, 0.05) is 18.6 Å². The molecule has 1 heterocycles. The SMILES string of the molecule is C[C@H](C(=O)N[C@@H](CC1CCCCC1)[C@H](O)CN1C[C@H]2CCCC[C@H]2C[C@H]1C(=O)NC(C)(C)C)C(C)(C)C(=O)O. The highest BCUT2D eigenvalue weighted by Crippen LogP contribution is 2.39. The van der Waals surface area contributed by atoms with Crippen LogP contribution in [0.15, 0.2) is 0 Å². The van der Waals surface area contributed by atoms with Gasteiger partial charge in [-0.1, -0.05) is 58.3 Å². The molecule has 6 atom stereocenters. The van der Waals surface area contributed by atoms with Crippen molar-refractivity contribution in [1.82, 2.24) is 15.5 Å². The smallest absolute Gasteiger partial charge is 0.309 e. The molecule has 0 aromatic heterocycles. The second-order valence-corrected chi connectivity index (χ2v) is 14.4. The Morgan fingerprint density at radius 2 is 1.51 bits per heavy atom. The number of carboxylic acids is 1. The molecule has 224 valence electrons. The van der Waals surface area contributed by atoms with E-state index in [1.165, 1.54) is 19.3 Å². The standard InChI is InChI=1S/C31H55N3O5/c1-20(31(5,6)29(38)39)27(36)32-24(16-21-12-8-7-9-13-21)26(35)19-34-18-23-15-11-10-14-22(23)17-25(34)28(37)33-30(2,3)4/h20-26,35H,7-19H2,1-6H3,(H,32,36)(H,33,37)(H,38,39)/t20-,22+,23-,24+,25+,26-/m1/s1. The molecule has 3 fully saturated rings. The van der Waals surface area contributed by atoms with Crippen LogP contribution in [0.3, 0.4) is 0 Å². The minimum Gasteiger partial charge on any atom is -0.481 e. The summed E-state index contributed by atoms with van der Waals surface area (Å²) in [6.45, 7) is 11.9. The third-order valence-corrected chi connectivity index (χ3v) is 9.86. The second kappa shape index (κ2) is 13.3. The van der Waals surface area contributed by atoms with E-state index in [0.717, 1.165) is 51.5 Å². The van der Waals surface area contributed by atoms with Gasteiger partial charge in [0.15, 0.2) is 0 Å². The molecular weight excluding hydrogens is 494 g/mol. The fourth-order valence-corrected chi connectivity index (χ4v) is 6.91. The lowest BCUT2D eigenvalue weighted by Crippen LogP contribution is -2.60. The Morgan fingerprint density at radius 1 is 0.923 bits per heavy atom. The molecule has 0 aromatic carbocycles. The van der Waals surface area contributed by atoms with E-state index in [1.54, 1.807) is 20.8 Å². The average Bonchev–Trinajstić information content (AvgIpc) is 2.86. The Bertz CT molecular complexity index is 848. The summed E-state index contributed by atoms with van der Waals surface area (Å²) in [5.74, 6) is -0.590. The molecule has 8 heteroatoms. The molecule has 3 aliphatic rings. The van der Waals surface area contributed by atoms with Crippen LogP contribution in [0.5, 0.6) is 0 Å². The highest BCUT2D eigenvalue weighted by atomic mass is 16.4. The minimum absolute atomic E-state index is 0.0171. The zero-order valence-electron chi connectivity index (χ0n) is 25.3. The molecule has 0 radical (unpaired) electrons. The van der Waals surface area contributed by atoms with Gasteiger partial charge in [-0.15, -0.1) is 0 Å². The van der Waals surface area contributed by atoms with E-state index in [2.05, 4.69) is 15.5 Å². The predicted octanol–water partition coefficient (Wildman–Crippen LogP) is 4.34. The second-order valence-electron chi connectivity index (χ2n) is 14.4. The summed E-state index contributed by atoms with van der Waals surface area (Å²) < 4.78 is 0. The molecule has 8 nitrogen and oxygen atoms in total. The van der Waals surface area contributed by atoms with Crippen molar-refractivity contribution in [3.05, 3.63) is 0 Å².